The molecule has 4 saturated carbocycles. The second kappa shape index (κ2) is 4.32. The quantitative estimate of drug-likeness (QED) is 0.488. The zero-order valence-electron chi connectivity index (χ0n) is 11.9. The Morgan fingerprint density at radius 1 is 1.25 bits per heavy atom. The standard InChI is InChI=1S/C15H22N4O/c1-19-12(7-17-14(19)15(20)18-16)13-10-3-8-2-9(5-10)6-11(13)4-8/h7-11,13H,2-6,16H2,1H3,(H,18,20). The summed E-state index contributed by atoms with van der Waals surface area (Å²) in [5, 5.41) is 0. The van der Waals surface area contributed by atoms with Gasteiger partial charge in [0.15, 0.2) is 5.82 Å². The van der Waals surface area contributed by atoms with Gasteiger partial charge < -0.3 is 4.57 Å². The van der Waals surface area contributed by atoms with Crippen LogP contribution in [0.1, 0.15) is 54.3 Å². The molecule has 1 aromatic heterocycles. The minimum absolute atomic E-state index is 0.303. The highest BCUT2D eigenvalue weighted by molar-refractivity contribution is 5.90. The van der Waals surface area contributed by atoms with Crippen LogP contribution in [0, 0.1) is 23.7 Å². The van der Waals surface area contributed by atoms with E-state index < -0.39 is 0 Å². The Kier molecular flexibility index (Phi) is 2.67. The van der Waals surface area contributed by atoms with Crippen LogP contribution in [0.5, 0.6) is 0 Å². The van der Waals surface area contributed by atoms with Crippen molar-refractivity contribution in [2.45, 2.75) is 38.0 Å². The average Bonchev–Trinajstić information content (AvgIpc) is 2.79. The Bertz CT molecular complexity index is 522. The number of nitrogen functional groups attached to an aromatic ring is 1. The maximum Gasteiger partial charge on any atom is 0.301 e. The van der Waals surface area contributed by atoms with Crippen molar-refractivity contribution in [1.82, 2.24) is 15.0 Å². The number of aromatic nitrogens is 2. The number of hydrogen-bond acceptors (Lipinski definition) is 3. The first kappa shape index (κ1) is 12.4. The van der Waals surface area contributed by atoms with Gasteiger partial charge in [-0.3, -0.25) is 10.2 Å². The monoisotopic (exact) mass is 274 g/mol. The van der Waals surface area contributed by atoms with Crippen molar-refractivity contribution in [1.29, 1.82) is 0 Å². The number of carbonyl (C=O) groups excluding carboxylic acids is 1. The van der Waals surface area contributed by atoms with Gasteiger partial charge in [0, 0.05) is 24.9 Å². The average molecular weight is 274 g/mol. The van der Waals surface area contributed by atoms with Gasteiger partial charge in [-0.25, -0.2) is 10.8 Å². The molecule has 0 unspecified atom stereocenters. The Balaban J connectivity index is 1.68. The first-order valence-electron chi connectivity index (χ1n) is 7.70. The van der Waals surface area contributed by atoms with Gasteiger partial charge in [0.2, 0.25) is 0 Å². The fraction of sp³-hybridized carbons (Fsp3) is 0.733. The predicted octanol–water partition coefficient (Wildman–Crippen LogP) is 1.56. The summed E-state index contributed by atoms with van der Waals surface area (Å²) in [5.74, 6) is 9.48. The van der Waals surface area contributed by atoms with Crippen LogP contribution in [0.15, 0.2) is 6.20 Å². The number of hydrazine groups is 1. The summed E-state index contributed by atoms with van der Waals surface area (Å²) in [5.41, 5.74) is 3.41. The number of rotatable bonds is 2. The van der Waals surface area contributed by atoms with Crippen molar-refractivity contribution in [3.8, 4) is 0 Å². The molecule has 4 fully saturated rings. The zero-order chi connectivity index (χ0) is 13.9. The molecule has 20 heavy (non-hydrogen) atoms. The molecular formula is C15H22N4O. The van der Waals surface area contributed by atoms with Crippen molar-refractivity contribution in [3.05, 3.63) is 17.7 Å². The minimum atomic E-state index is -0.303. The topological polar surface area (TPSA) is 72.9 Å². The maximum atomic E-state index is 11.7. The molecule has 0 aliphatic heterocycles. The van der Waals surface area contributed by atoms with Gasteiger partial charge >= 0.3 is 5.91 Å². The number of amides is 1. The highest BCUT2D eigenvalue weighted by atomic mass is 16.2. The van der Waals surface area contributed by atoms with Gasteiger partial charge in [0.25, 0.3) is 0 Å². The largest absolute Gasteiger partial charge is 0.327 e. The van der Waals surface area contributed by atoms with E-state index in [-0.39, 0.29) is 5.91 Å². The number of hydrogen-bond donors (Lipinski definition) is 2. The molecule has 1 amide bonds. The van der Waals surface area contributed by atoms with Crippen molar-refractivity contribution in [2.24, 2.45) is 36.6 Å². The lowest BCUT2D eigenvalue weighted by molar-refractivity contribution is -0.00508. The first-order chi connectivity index (χ1) is 9.67. The Labute approximate surface area is 118 Å². The van der Waals surface area contributed by atoms with Gasteiger partial charge in [-0.2, -0.15) is 0 Å². The molecule has 5 rings (SSSR count). The van der Waals surface area contributed by atoms with E-state index in [1.807, 2.05) is 17.8 Å². The smallest absolute Gasteiger partial charge is 0.301 e. The molecule has 5 heteroatoms. The van der Waals surface area contributed by atoms with E-state index in [2.05, 4.69) is 10.4 Å². The minimum Gasteiger partial charge on any atom is -0.327 e. The highest BCUT2D eigenvalue weighted by Gasteiger charge is 2.49. The molecule has 1 aromatic rings. The van der Waals surface area contributed by atoms with Crippen LogP contribution in [-0.2, 0) is 7.05 Å². The summed E-state index contributed by atoms with van der Waals surface area (Å²) in [6.45, 7) is 0. The number of nitrogens with one attached hydrogen (secondary N) is 1. The number of nitrogens with zero attached hydrogens (tertiary/aromatic N) is 2. The molecule has 3 N–H and O–H groups in total. The summed E-state index contributed by atoms with van der Waals surface area (Å²) in [4.78, 5) is 16.0. The normalized spacial score (nSPS) is 38.2. The van der Waals surface area contributed by atoms with Crippen LogP contribution in [0.4, 0.5) is 0 Å². The zero-order valence-corrected chi connectivity index (χ0v) is 11.9. The molecule has 5 nitrogen and oxygen atoms in total. The van der Waals surface area contributed by atoms with Gasteiger partial charge in [0.1, 0.15) is 0 Å². The number of nitrogens with two attached hydrogens (primary N) is 1. The van der Waals surface area contributed by atoms with Crippen molar-refractivity contribution in [3.63, 3.8) is 0 Å². The fourth-order valence-corrected chi connectivity index (χ4v) is 5.42. The van der Waals surface area contributed by atoms with Gasteiger partial charge in [-0.15, -0.1) is 0 Å². The van der Waals surface area contributed by atoms with Crippen LogP contribution in [0.25, 0.3) is 0 Å². The van der Waals surface area contributed by atoms with E-state index >= 15 is 0 Å². The second-order valence-electron chi connectivity index (χ2n) is 7.00. The molecule has 4 aliphatic rings. The third kappa shape index (κ3) is 1.65. The molecule has 0 spiro atoms. The summed E-state index contributed by atoms with van der Waals surface area (Å²) in [7, 11) is 1.94. The molecule has 4 aliphatic carbocycles. The SMILES string of the molecule is Cn1c(C2C3CC4CC(C3)CC2C4)cnc1C(=O)NN. The molecule has 0 aromatic carbocycles. The molecule has 0 saturated heterocycles. The summed E-state index contributed by atoms with van der Waals surface area (Å²) >= 11 is 0. The fourth-order valence-electron chi connectivity index (χ4n) is 5.42. The Morgan fingerprint density at radius 3 is 2.40 bits per heavy atom. The Morgan fingerprint density at radius 2 is 1.85 bits per heavy atom. The molecular weight excluding hydrogens is 252 g/mol. The van der Waals surface area contributed by atoms with Gasteiger partial charge in [-0.05, 0) is 55.8 Å². The van der Waals surface area contributed by atoms with E-state index in [4.69, 9.17) is 5.84 Å². The van der Waals surface area contributed by atoms with Crippen LogP contribution in [0.2, 0.25) is 0 Å². The molecule has 0 radical (unpaired) electrons. The van der Waals surface area contributed by atoms with Crippen molar-refractivity contribution in [2.75, 3.05) is 0 Å². The predicted molar refractivity (Wildman–Crippen MR) is 74.6 cm³/mol. The number of carbonyl (C=O) groups is 1. The van der Waals surface area contributed by atoms with Crippen LogP contribution in [-0.4, -0.2) is 15.5 Å². The van der Waals surface area contributed by atoms with E-state index in [9.17, 15) is 4.79 Å². The highest BCUT2D eigenvalue weighted by Crippen LogP contribution is 2.59. The summed E-state index contributed by atoms with van der Waals surface area (Å²) in [6.07, 6.45) is 8.87. The molecule has 0 atom stereocenters. The maximum absolute atomic E-state index is 11.7. The lowest BCUT2D eigenvalue weighted by Gasteiger charge is -2.54. The Hall–Kier alpha value is -1.36. The van der Waals surface area contributed by atoms with Gasteiger partial charge in [-0.1, -0.05) is 0 Å². The molecule has 108 valence electrons. The first-order valence-corrected chi connectivity index (χ1v) is 7.70. The van der Waals surface area contributed by atoms with E-state index in [0.29, 0.717) is 11.7 Å². The van der Waals surface area contributed by atoms with Crippen LogP contribution < -0.4 is 11.3 Å². The van der Waals surface area contributed by atoms with Crippen LogP contribution >= 0.6 is 0 Å². The number of imidazole rings is 1. The van der Waals surface area contributed by atoms with E-state index in [1.165, 1.54) is 37.8 Å². The summed E-state index contributed by atoms with van der Waals surface area (Å²) < 4.78 is 1.95. The third-order valence-electron chi connectivity index (χ3n) is 5.93. The third-order valence-corrected chi connectivity index (χ3v) is 5.93. The lowest BCUT2D eigenvalue weighted by Crippen LogP contribution is -2.44. The molecule has 4 bridgehead atoms. The van der Waals surface area contributed by atoms with Gasteiger partial charge in [0.05, 0.1) is 0 Å². The second-order valence-corrected chi connectivity index (χ2v) is 7.00. The summed E-state index contributed by atoms with van der Waals surface area (Å²) in [6, 6.07) is 0. The van der Waals surface area contributed by atoms with Crippen molar-refractivity contribution < 1.29 is 4.79 Å². The van der Waals surface area contributed by atoms with Crippen molar-refractivity contribution >= 4 is 5.91 Å². The molecule has 1 heterocycles. The van der Waals surface area contributed by atoms with E-state index in [0.717, 1.165) is 23.7 Å². The lowest BCUT2D eigenvalue weighted by atomic mass is 9.51. The van der Waals surface area contributed by atoms with E-state index in [1.54, 1.807) is 0 Å². The van der Waals surface area contributed by atoms with Crippen LogP contribution in [0.3, 0.4) is 0 Å².